The zero-order valence-corrected chi connectivity index (χ0v) is 19.1. The summed E-state index contributed by atoms with van der Waals surface area (Å²) >= 11 is 5.94. The molecule has 1 fully saturated rings. The first-order valence-electron chi connectivity index (χ1n) is 11.1. The molecule has 1 aliphatic heterocycles. The Morgan fingerprint density at radius 2 is 1.61 bits per heavy atom. The molecule has 4 rings (SSSR count). The number of amides is 1. The van der Waals surface area contributed by atoms with Gasteiger partial charge in [-0.25, -0.2) is 0 Å². The fraction of sp³-hybridized carbons (Fsp3) is 0.269. The first-order valence-corrected chi connectivity index (χ1v) is 11.5. The van der Waals surface area contributed by atoms with Crippen LogP contribution in [-0.4, -0.2) is 35.4 Å². The molecule has 3 aromatic rings. The van der Waals surface area contributed by atoms with Crippen LogP contribution in [-0.2, 0) is 13.0 Å². The minimum atomic E-state index is -0.333. The lowest BCUT2D eigenvalue weighted by Gasteiger charge is -2.15. The van der Waals surface area contributed by atoms with E-state index in [1.54, 1.807) is 18.2 Å². The van der Waals surface area contributed by atoms with Gasteiger partial charge in [0.1, 0.15) is 0 Å². The predicted octanol–water partition coefficient (Wildman–Crippen LogP) is 5.48. The van der Waals surface area contributed by atoms with Crippen molar-refractivity contribution in [3.63, 3.8) is 0 Å². The van der Waals surface area contributed by atoms with E-state index in [0.29, 0.717) is 29.1 Å². The lowest BCUT2D eigenvalue weighted by Crippen LogP contribution is -2.25. The Morgan fingerprint density at radius 1 is 0.970 bits per heavy atom. The highest BCUT2D eigenvalue weighted by Gasteiger charge is 2.17. The van der Waals surface area contributed by atoms with Gasteiger partial charge in [0.25, 0.3) is 11.6 Å². The maximum Gasteiger partial charge on any atom is 0.272 e. The largest absolute Gasteiger partial charge is 0.352 e. The van der Waals surface area contributed by atoms with E-state index in [-0.39, 0.29) is 16.5 Å². The van der Waals surface area contributed by atoms with Crippen molar-refractivity contribution in [1.82, 2.24) is 10.2 Å². The van der Waals surface area contributed by atoms with E-state index in [1.807, 2.05) is 48.5 Å². The molecule has 1 heterocycles. The maximum atomic E-state index is 12.5. The highest BCUT2D eigenvalue weighted by Crippen LogP contribution is 2.24. The molecule has 0 bridgehead atoms. The number of hydrogen-bond acceptors (Lipinski definition) is 4. The molecule has 7 heteroatoms. The third-order valence-electron chi connectivity index (χ3n) is 5.96. The zero-order valence-electron chi connectivity index (χ0n) is 18.3. The van der Waals surface area contributed by atoms with Gasteiger partial charge in [0.2, 0.25) is 0 Å². The number of nitrogens with one attached hydrogen (secondary N) is 1. The quantitative estimate of drug-likeness (QED) is 0.354. The number of benzene rings is 3. The number of carbonyl (C=O) groups excluding carboxylic acids is 1. The summed E-state index contributed by atoms with van der Waals surface area (Å²) in [6.45, 7) is 3.15. The molecule has 0 unspecified atom stereocenters. The molecule has 6 nitrogen and oxygen atoms in total. The van der Waals surface area contributed by atoms with Crippen molar-refractivity contribution in [2.75, 3.05) is 19.6 Å². The Kier molecular flexibility index (Phi) is 7.37. The van der Waals surface area contributed by atoms with Gasteiger partial charge in [-0.3, -0.25) is 19.8 Å². The maximum absolute atomic E-state index is 12.5. The average Bonchev–Trinajstić information content (AvgIpc) is 3.33. The molecule has 0 aliphatic carbocycles. The van der Waals surface area contributed by atoms with Crippen molar-refractivity contribution in [3.05, 3.63) is 98.6 Å². The van der Waals surface area contributed by atoms with Crippen molar-refractivity contribution in [2.45, 2.75) is 25.8 Å². The molecule has 3 aromatic carbocycles. The van der Waals surface area contributed by atoms with Gasteiger partial charge in [0, 0.05) is 35.3 Å². The van der Waals surface area contributed by atoms with Gasteiger partial charge in [0.05, 0.1) is 4.92 Å². The van der Waals surface area contributed by atoms with Crippen LogP contribution in [0.5, 0.6) is 0 Å². The summed E-state index contributed by atoms with van der Waals surface area (Å²) in [4.78, 5) is 26.1. The van der Waals surface area contributed by atoms with E-state index in [1.165, 1.54) is 12.8 Å². The minimum Gasteiger partial charge on any atom is -0.352 e. The molecule has 0 saturated carbocycles. The highest BCUT2D eigenvalue weighted by atomic mass is 35.5. The molecule has 170 valence electrons. The normalized spacial score (nSPS) is 13.7. The van der Waals surface area contributed by atoms with Crippen LogP contribution in [0.2, 0.25) is 5.02 Å². The third-order valence-corrected chi connectivity index (χ3v) is 6.21. The summed E-state index contributed by atoms with van der Waals surface area (Å²) in [5.74, 6) is -0.203. The lowest BCUT2D eigenvalue weighted by molar-refractivity contribution is -0.385. The molecule has 0 spiro atoms. The van der Waals surface area contributed by atoms with Crippen LogP contribution in [0, 0.1) is 10.1 Å². The van der Waals surface area contributed by atoms with Gasteiger partial charge in [-0.05, 0) is 73.3 Å². The van der Waals surface area contributed by atoms with Gasteiger partial charge in [0.15, 0.2) is 0 Å². The molecule has 1 aliphatic rings. The van der Waals surface area contributed by atoms with Gasteiger partial charge >= 0.3 is 0 Å². The smallest absolute Gasteiger partial charge is 0.272 e. The van der Waals surface area contributed by atoms with E-state index in [0.717, 1.165) is 36.3 Å². The Labute approximate surface area is 198 Å². The molecule has 1 N–H and O–H groups in total. The fourth-order valence-corrected chi connectivity index (χ4v) is 4.28. The summed E-state index contributed by atoms with van der Waals surface area (Å²) in [6, 6.07) is 20.3. The van der Waals surface area contributed by atoms with Crippen molar-refractivity contribution in [3.8, 4) is 11.1 Å². The number of nitrogens with zero attached hydrogens (tertiary/aromatic N) is 2. The summed E-state index contributed by atoms with van der Waals surface area (Å²) < 4.78 is 0. The van der Waals surface area contributed by atoms with E-state index in [2.05, 4.69) is 10.2 Å². The van der Waals surface area contributed by atoms with Crippen LogP contribution < -0.4 is 5.32 Å². The Morgan fingerprint density at radius 3 is 2.24 bits per heavy atom. The number of rotatable bonds is 8. The van der Waals surface area contributed by atoms with E-state index < -0.39 is 0 Å². The average molecular weight is 464 g/mol. The molecular weight excluding hydrogens is 438 g/mol. The van der Waals surface area contributed by atoms with Crippen molar-refractivity contribution < 1.29 is 9.72 Å². The standard InChI is InChI=1S/C26H26ClN3O3/c27-24-11-9-21(10-12-24)20-5-7-23(8-6-20)26(31)28-14-13-22-4-3-19(17-25(22)30(32)33)18-29-15-1-2-16-29/h3-12,17H,1-2,13-16,18H2,(H,28,31). The second kappa shape index (κ2) is 10.6. The topological polar surface area (TPSA) is 75.5 Å². The van der Waals surface area contributed by atoms with Gasteiger partial charge in [-0.2, -0.15) is 0 Å². The minimum absolute atomic E-state index is 0.119. The molecule has 33 heavy (non-hydrogen) atoms. The molecule has 0 aromatic heterocycles. The lowest BCUT2D eigenvalue weighted by atomic mass is 10.0. The summed E-state index contributed by atoms with van der Waals surface area (Å²) in [5.41, 5.74) is 4.26. The van der Waals surface area contributed by atoms with Crippen LogP contribution in [0.15, 0.2) is 66.7 Å². The van der Waals surface area contributed by atoms with Crippen molar-refractivity contribution in [1.29, 1.82) is 0 Å². The number of nitro benzene ring substituents is 1. The SMILES string of the molecule is O=C(NCCc1ccc(CN2CCCC2)cc1[N+](=O)[O-])c1ccc(-c2ccc(Cl)cc2)cc1. The molecule has 1 amide bonds. The summed E-state index contributed by atoms with van der Waals surface area (Å²) in [6.07, 6.45) is 2.77. The number of likely N-dealkylation sites (tertiary alicyclic amines) is 1. The monoisotopic (exact) mass is 463 g/mol. The van der Waals surface area contributed by atoms with E-state index >= 15 is 0 Å². The van der Waals surface area contributed by atoms with Gasteiger partial charge < -0.3 is 5.32 Å². The number of hydrogen-bond donors (Lipinski definition) is 1. The summed E-state index contributed by atoms with van der Waals surface area (Å²) in [7, 11) is 0. The van der Waals surface area contributed by atoms with Crippen molar-refractivity contribution >= 4 is 23.2 Å². The van der Waals surface area contributed by atoms with Crippen molar-refractivity contribution in [2.24, 2.45) is 0 Å². The number of halogens is 1. The first kappa shape index (κ1) is 23.0. The Hall–Kier alpha value is -3.22. The molecule has 1 saturated heterocycles. The van der Waals surface area contributed by atoms with Crippen LogP contribution in [0.25, 0.3) is 11.1 Å². The Balaban J connectivity index is 1.34. The molecular formula is C26H26ClN3O3. The molecule has 0 radical (unpaired) electrons. The van der Waals surface area contributed by atoms with Crippen LogP contribution >= 0.6 is 11.6 Å². The van der Waals surface area contributed by atoms with Gasteiger partial charge in [-0.1, -0.05) is 48.0 Å². The Bertz CT molecular complexity index is 1120. The highest BCUT2D eigenvalue weighted by molar-refractivity contribution is 6.30. The second-order valence-electron chi connectivity index (χ2n) is 8.29. The third kappa shape index (κ3) is 5.97. The number of carbonyl (C=O) groups is 1. The predicted molar refractivity (Wildman–Crippen MR) is 131 cm³/mol. The zero-order chi connectivity index (χ0) is 23.2. The van der Waals surface area contributed by atoms with E-state index in [4.69, 9.17) is 11.6 Å². The number of nitro groups is 1. The first-order chi connectivity index (χ1) is 16.0. The molecule has 0 atom stereocenters. The van der Waals surface area contributed by atoms with Crippen LogP contribution in [0.3, 0.4) is 0 Å². The fourth-order valence-electron chi connectivity index (χ4n) is 4.16. The summed E-state index contributed by atoms with van der Waals surface area (Å²) in [5, 5.41) is 15.1. The van der Waals surface area contributed by atoms with Gasteiger partial charge in [-0.15, -0.1) is 0 Å². The van der Waals surface area contributed by atoms with E-state index in [9.17, 15) is 14.9 Å². The van der Waals surface area contributed by atoms with Crippen LogP contribution in [0.4, 0.5) is 5.69 Å². The van der Waals surface area contributed by atoms with Crippen LogP contribution in [0.1, 0.15) is 34.3 Å². The second-order valence-corrected chi connectivity index (χ2v) is 8.73.